The lowest BCUT2D eigenvalue weighted by Crippen LogP contribution is -2.32. The summed E-state index contributed by atoms with van der Waals surface area (Å²) in [5.74, 6) is -0.0832. The Morgan fingerprint density at radius 2 is 1.77 bits per heavy atom. The molecule has 5 rings (SSSR count). The zero-order valence-electron chi connectivity index (χ0n) is 16.7. The summed E-state index contributed by atoms with van der Waals surface area (Å²) in [5.41, 5.74) is 2.00. The number of rotatable bonds is 3. The zero-order chi connectivity index (χ0) is 21.7. The maximum atomic E-state index is 13.2. The lowest BCUT2D eigenvalue weighted by atomic mass is 10.1. The predicted octanol–water partition coefficient (Wildman–Crippen LogP) is 2.03. The first kappa shape index (κ1) is 19.1. The van der Waals surface area contributed by atoms with Crippen LogP contribution in [0, 0.1) is 0 Å². The number of anilines is 1. The minimum Gasteiger partial charge on any atom is -0.426 e. The molecule has 0 atom stereocenters. The largest absolute Gasteiger partial charge is 0.426 e. The summed E-state index contributed by atoms with van der Waals surface area (Å²) in [6.45, 7) is 3.71. The minimum atomic E-state index is -0.462. The monoisotopic (exact) mass is 432 g/mol. The molecule has 0 radical (unpaired) electrons. The molecule has 0 saturated heterocycles. The second-order valence-electron chi connectivity index (χ2n) is 6.90. The van der Waals surface area contributed by atoms with E-state index in [1.807, 2.05) is 31.2 Å². The molecule has 2 aromatic carbocycles. The van der Waals surface area contributed by atoms with Crippen molar-refractivity contribution in [3.8, 4) is 17.1 Å². The SMILES string of the molecule is CCN1C(=O)C(=c2sc3nc(-c4ccccc4OC(C)=O)nn3c2=O)c2ccccc21. The topological polar surface area (TPSA) is 93.9 Å². The van der Waals surface area contributed by atoms with Gasteiger partial charge >= 0.3 is 5.97 Å². The number of carbonyl (C=O) groups excluding carboxylic acids is 2. The maximum absolute atomic E-state index is 13.2. The third-order valence-electron chi connectivity index (χ3n) is 5.01. The van der Waals surface area contributed by atoms with Crippen LogP contribution in [0.25, 0.3) is 21.9 Å². The molecule has 1 aliphatic heterocycles. The Labute approximate surface area is 180 Å². The smallest absolute Gasteiger partial charge is 0.308 e. The van der Waals surface area contributed by atoms with Gasteiger partial charge in [0.25, 0.3) is 11.5 Å². The standard InChI is InChI=1S/C22H16N4O4S/c1-3-25-15-10-6-4-8-13(15)17(20(25)28)18-21(29)26-22(31-18)23-19(24-26)14-9-5-7-11-16(14)30-12(2)27/h4-11H,3H2,1-2H3. The van der Waals surface area contributed by atoms with E-state index in [4.69, 9.17) is 4.74 Å². The van der Waals surface area contributed by atoms with Gasteiger partial charge < -0.3 is 9.64 Å². The van der Waals surface area contributed by atoms with E-state index in [1.54, 1.807) is 29.2 Å². The van der Waals surface area contributed by atoms with Crippen LogP contribution in [0.3, 0.4) is 0 Å². The summed E-state index contributed by atoms with van der Waals surface area (Å²) in [5, 5.41) is 4.34. The minimum absolute atomic E-state index is 0.203. The summed E-state index contributed by atoms with van der Waals surface area (Å²) in [7, 11) is 0. The third-order valence-corrected chi connectivity index (χ3v) is 6.04. The van der Waals surface area contributed by atoms with Gasteiger partial charge in [-0.2, -0.15) is 9.50 Å². The van der Waals surface area contributed by atoms with Crippen molar-refractivity contribution in [1.29, 1.82) is 0 Å². The Morgan fingerprint density at radius 3 is 2.48 bits per heavy atom. The number of para-hydroxylation sites is 2. The zero-order valence-corrected chi connectivity index (χ0v) is 17.5. The highest BCUT2D eigenvalue weighted by Crippen LogP contribution is 2.35. The van der Waals surface area contributed by atoms with Crippen molar-refractivity contribution >= 4 is 39.4 Å². The van der Waals surface area contributed by atoms with Gasteiger partial charge in [-0.15, -0.1) is 5.10 Å². The van der Waals surface area contributed by atoms with E-state index in [0.29, 0.717) is 32.9 Å². The quantitative estimate of drug-likeness (QED) is 0.363. The first-order chi connectivity index (χ1) is 15.0. The second kappa shape index (κ2) is 7.13. The van der Waals surface area contributed by atoms with E-state index in [1.165, 1.54) is 11.4 Å². The Hall–Kier alpha value is -3.85. The molecule has 0 saturated carbocycles. The number of ether oxygens (including phenoxy) is 1. The highest BCUT2D eigenvalue weighted by Gasteiger charge is 2.33. The Bertz CT molecular complexity index is 1490. The fraction of sp³-hybridized carbons (Fsp3) is 0.136. The summed E-state index contributed by atoms with van der Waals surface area (Å²) in [6.07, 6.45) is 0. The maximum Gasteiger partial charge on any atom is 0.308 e. The average Bonchev–Trinajstić information content (AvgIpc) is 3.38. The number of nitrogens with zero attached hydrogens (tertiary/aromatic N) is 4. The van der Waals surface area contributed by atoms with Gasteiger partial charge in [0.05, 0.1) is 16.8 Å². The first-order valence-corrected chi connectivity index (χ1v) is 10.4. The number of hydrogen-bond donors (Lipinski definition) is 0. The van der Waals surface area contributed by atoms with Crippen LogP contribution in [0.4, 0.5) is 5.69 Å². The van der Waals surface area contributed by atoms with Gasteiger partial charge in [-0.25, -0.2) is 0 Å². The van der Waals surface area contributed by atoms with Gasteiger partial charge in [0.15, 0.2) is 5.82 Å². The number of benzene rings is 2. The number of aromatic nitrogens is 3. The van der Waals surface area contributed by atoms with Crippen molar-refractivity contribution in [3.63, 3.8) is 0 Å². The van der Waals surface area contributed by atoms with Crippen molar-refractivity contribution in [2.75, 3.05) is 11.4 Å². The van der Waals surface area contributed by atoms with Gasteiger partial charge in [-0.05, 0) is 25.1 Å². The van der Waals surface area contributed by atoms with E-state index < -0.39 is 11.5 Å². The highest BCUT2D eigenvalue weighted by atomic mass is 32.1. The molecule has 3 heterocycles. The van der Waals surface area contributed by atoms with Crippen molar-refractivity contribution in [2.45, 2.75) is 13.8 Å². The van der Waals surface area contributed by atoms with Crippen LogP contribution < -0.4 is 19.7 Å². The van der Waals surface area contributed by atoms with Crippen LogP contribution in [0.15, 0.2) is 53.3 Å². The van der Waals surface area contributed by atoms with E-state index in [0.717, 1.165) is 22.6 Å². The molecule has 31 heavy (non-hydrogen) atoms. The van der Waals surface area contributed by atoms with Crippen LogP contribution in [0.1, 0.15) is 19.4 Å². The summed E-state index contributed by atoms with van der Waals surface area (Å²) in [6, 6.07) is 14.3. The third kappa shape index (κ3) is 2.93. The van der Waals surface area contributed by atoms with Gasteiger partial charge in [0.1, 0.15) is 10.3 Å². The van der Waals surface area contributed by atoms with Crippen LogP contribution in [0.2, 0.25) is 0 Å². The summed E-state index contributed by atoms with van der Waals surface area (Å²) in [4.78, 5) is 44.1. The summed E-state index contributed by atoms with van der Waals surface area (Å²) >= 11 is 1.12. The molecular weight excluding hydrogens is 416 g/mol. The average molecular weight is 432 g/mol. The number of carbonyl (C=O) groups is 2. The number of likely N-dealkylation sites (N-methyl/N-ethyl adjacent to an activating group) is 1. The molecule has 0 fully saturated rings. The predicted molar refractivity (Wildman–Crippen MR) is 116 cm³/mol. The molecule has 0 unspecified atom stereocenters. The van der Waals surface area contributed by atoms with E-state index in [9.17, 15) is 14.4 Å². The first-order valence-electron chi connectivity index (χ1n) is 9.62. The Morgan fingerprint density at radius 1 is 1.06 bits per heavy atom. The molecule has 4 aromatic rings. The van der Waals surface area contributed by atoms with Gasteiger partial charge in [0.2, 0.25) is 4.96 Å². The molecule has 0 N–H and O–H groups in total. The molecule has 8 nitrogen and oxygen atoms in total. The molecule has 0 spiro atoms. The van der Waals surface area contributed by atoms with Crippen molar-refractivity contribution in [1.82, 2.24) is 14.6 Å². The van der Waals surface area contributed by atoms with E-state index >= 15 is 0 Å². The van der Waals surface area contributed by atoms with Crippen LogP contribution in [0.5, 0.6) is 5.75 Å². The van der Waals surface area contributed by atoms with Gasteiger partial charge in [-0.3, -0.25) is 14.4 Å². The fourth-order valence-corrected chi connectivity index (χ4v) is 4.71. The molecule has 0 aliphatic carbocycles. The molecule has 1 aliphatic rings. The molecule has 2 aromatic heterocycles. The fourth-order valence-electron chi connectivity index (χ4n) is 3.71. The Balaban J connectivity index is 1.70. The second-order valence-corrected chi connectivity index (χ2v) is 7.88. The normalized spacial score (nSPS) is 14.9. The van der Waals surface area contributed by atoms with Crippen molar-refractivity contribution < 1.29 is 14.3 Å². The molecule has 0 bridgehead atoms. The van der Waals surface area contributed by atoms with Gasteiger partial charge in [0, 0.05) is 19.0 Å². The summed E-state index contributed by atoms with van der Waals surface area (Å²) < 4.78 is 6.73. The lowest BCUT2D eigenvalue weighted by Gasteiger charge is -2.13. The number of esters is 1. The van der Waals surface area contributed by atoms with Crippen molar-refractivity contribution in [2.24, 2.45) is 0 Å². The number of thiazole rings is 1. The van der Waals surface area contributed by atoms with Gasteiger partial charge in [-0.1, -0.05) is 41.7 Å². The molecule has 154 valence electrons. The Kier molecular flexibility index (Phi) is 4.40. The van der Waals surface area contributed by atoms with Crippen LogP contribution in [-0.4, -0.2) is 33.0 Å². The highest BCUT2D eigenvalue weighted by molar-refractivity contribution is 7.15. The lowest BCUT2D eigenvalue weighted by molar-refractivity contribution is -0.131. The molecule has 9 heteroatoms. The van der Waals surface area contributed by atoms with E-state index in [-0.39, 0.29) is 11.7 Å². The van der Waals surface area contributed by atoms with Crippen LogP contribution >= 0.6 is 11.3 Å². The number of fused-ring (bicyclic) bond motifs is 2. The van der Waals surface area contributed by atoms with E-state index in [2.05, 4.69) is 10.1 Å². The van der Waals surface area contributed by atoms with Crippen LogP contribution in [-0.2, 0) is 9.59 Å². The number of amides is 1. The number of hydrogen-bond acceptors (Lipinski definition) is 7. The van der Waals surface area contributed by atoms with Crippen molar-refractivity contribution in [3.05, 3.63) is 69.0 Å². The molecule has 1 amide bonds. The molecular formula is C22H16N4O4S.